The first-order chi connectivity index (χ1) is 15.4. The number of rotatable bonds is 2. The first-order valence-electron chi connectivity index (χ1n) is 10.0. The first kappa shape index (κ1) is 22.4. The second-order valence-electron chi connectivity index (χ2n) is 8.64. The molecule has 0 fully saturated rings. The molecule has 1 aromatic carbocycles. The fourth-order valence-corrected chi connectivity index (χ4v) is 3.96. The van der Waals surface area contributed by atoms with E-state index in [4.69, 9.17) is 16.3 Å². The molecule has 170 valence electrons. The van der Waals surface area contributed by atoms with Crippen molar-refractivity contribution in [1.82, 2.24) is 23.3 Å². The molecule has 33 heavy (non-hydrogen) atoms. The Balaban J connectivity index is 1.98. The van der Waals surface area contributed by atoms with E-state index >= 15 is 0 Å². The number of fused-ring (bicyclic) bond motifs is 2. The van der Waals surface area contributed by atoms with Crippen LogP contribution in [0.1, 0.15) is 32.3 Å². The van der Waals surface area contributed by atoms with Crippen LogP contribution in [0, 0.1) is 11.3 Å². The van der Waals surface area contributed by atoms with Crippen LogP contribution in [0.2, 0.25) is 5.02 Å². The van der Waals surface area contributed by atoms with Gasteiger partial charge in [0.2, 0.25) is 5.82 Å². The Morgan fingerprint density at radius 2 is 1.91 bits per heavy atom. The zero-order valence-electron chi connectivity index (χ0n) is 18.7. The first-order valence-corrected chi connectivity index (χ1v) is 10.4. The summed E-state index contributed by atoms with van der Waals surface area (Å²) in [6.07, 6.45) is -0.659. The van der Waals surface area contributed by atoms with Gasteiger partial charge < -0.3 is 9.30 Å². The summed E-state index contributed by atoms with van der Waals surface area (Å²) >= 11 is 6.35. The second kappa shape index (κ2) is 7.64. The Bertz CT molecular complexity index is 1610. The third-order valence-corrected chi connectivity index (χ3v) is 5.55. The Morgan fingerprint density at radius 3 is 2.55 bits per heavy atom. The largest absolute Gasteiger partial charge is 0.443 e. The third kappa shape index (κ3) is 3.60. The van der Waals surface area contributed by atoms with E-state index in [0.717, 1.165) is 4.57 Å². The van der Waals surface area contributed by atoms with Crippen LogP contribution in [-0.2, 0) is 25.4 Å². The smallest absolute Gasteiger partial charge is 0.419 e. The molecular weight excluding hydrogens is 448 g/mol. The van der Waals surface area contributed by atoms with Gasteiger partial charge in [0.25, 0.3) is 5.56 Å². The van der Waals surface area contributed by atoms with Gasteiger partial charge in [-0.25, -0.2) is 19.1 Å². The van der Waals surface area contributed by atoms with E-state index < -0.39 is 22.9 Å². The van der Waals surface area contributed by atoms with E-state index in [1.165, 1.54) is 27.8 Å². The van der Waals surface area contributed by atoms with Crippen molar-refractivity contribution in [3.63, 3.8) is 0 Å². The highest BCUT2D eigenvalue weighted by Gasteiger charge is 2.25. The van der Waals surface area contributed by atoms with Crippen LogP contribution in [0.5, 0.6) is 0 Å². The van der Waals surface area contributed by atoms with Crippen LogP contribution in [0.3, 0.4) is 0 Å². The van der Waals surface area contributed by atoms with Crippen LogP contribution < -0.4 is 11.2 Å². The number of carbonyl (C=O) groups is 1. The predicted molar refractivity (Wildman–Crippen MR) is 123 cm³/mol. The fraction of sp³-hybridized carbons (Fsp3) is 0.318. The lowest BCUT2D eigenvalue weighted by Gasteiger charge is -2.21. The maximum Gasteiger partial charge on any atom is 0.419 e. The summed E-state index contributed by atoms with van der Waals surface area (Å²) in [5.41, 5.74) is -0.988. The van der Waals surface area contributed by atoms with Crippen molar-refractivity contribution in [2.45, 2.75) is 32.9 Å². The molecule has 4 aromatic rings. The monoisotopic (exact) mass is 468 g/mol. The van der Waals surface area contributed by atoms with Gasteiger partial charge in [0.1, 0.15) is 11.7 Å². The van der Waals surface area contributed by atoms with Gasteiger partial charge in [0.15, 0.2) is 11.2 Å². The number of ether oxygens (including phenoxy) is 1. The molecule has 0 unspecified atom stereocenters. The maximum absolute atomic E-state index is 13.3. The number of carbonyl (C=O) groups excluding carboxylic acids is 1. The molecule has 0 aliphatic heterocycles. The molecule has 10 nitrogen and oxygen atoms in total. The molecule has 3 aromatic heterocycles. The number of aromatic nitrogens is 5. The summed E-state index contributed by atoms with van der Waals surface area (Å²) in [7, 11) is 3.00. The standard InChI is InChI=1S/C22H21ClN6O4/c1-22(2,3)33-21(32)29-12(9-13-14(23)7-6-8-15(13)29)11-28-19(30)17-18(27(5)20(28)31)25-16(10-24)26(17)4/h6-9H,11H2,1-5H3. The minimum Gasteiger partial charge on any atom is -0.443 e. The Morgan fingerprint density at radius 1 is 1.21 bits per heavy atom. The fourth-order valence-electron chi connectivity index (χ4n) is 3.73. The summed E-state index contributed by atoms with van der Waals surface area (Å²) in [6.45, 7) is 5.00. The van der Waals surface area contributed by atoms with Crippen molar-refractivity contribution in [2.24, 2.45) is 14.1 Å². The summed E-state index contributed by atoms with van der Waals surface area (Å²) in [5.74, 6) is 0.00417. The van der Waals surface area contributed by atoms with Crippen LogP contribution in [0.25, 0.3) is 22.1 Å². The minimum absolute atomic E-state index is 0.00417. The summed E-state index contributed by atoms with van der Waals surface area (Å²) in [6, 6.07) is 8.65. The molecule has 0 saturated heterocycles. The van der Waals surface area contributed by atoms with E-state index in [1.54, 1.807) is 45.0 Å². The van der Waals surface area contributed by atoms with Gasteiger partial charge in [-0.3, -0.25) is 13.9 Å². The number of halogens is 1. The molecule has 3 heterocycles. The van der Waals surface area contributed by atoms with E-state index in [-0.39, 0.29) is 23.5 Å². The summed E-state index contributed by atoms with van der Waals surface area (Å²) in [5, 5.41) is 10.3. The molecule has 11 heteroatoms. The molecule has 0 N–H and O–H groups in total. The Kier molecular flexibility index (Phi) is 5.17. The number of benzene rings is 1. The second-order valence-corrected chi connectivity index (χ2v) is 9.04. The van der Waals surface area contributed by atoms with Gasteiger partial charge in [0, 0.05) is 24.5 Å². The van der Waals surface area contributed by atoms with Gasteiger partial charge in [-0.1, -0.05) is 17.7 Å². The van der Waals surface area contributed by atoms with Gasteiger partial charge >= 0.3 is 11.8 Å². The van der Waals surface area contributed by atoms with E-state index in [9.17, 15) is 19.6 Å². The van der Waals surface area contributed by atoms with Crippen LogP contribution in [0.4, 0.5) is 4.79 Å². The number of imidazole rings is 1. The molecule has 4 rings (SSSR count). The van der Waals surface area contributed by atoms with E-state index in [0.29, 0.717) is 21.6 Å². The van der Waals surface area contributed by atoms with Gasteiger partial charge in [-0.15, -0.1) is 0 Å². The van der Waals surface area contributed by atoms with E-state index in [1.807, 2.05) is 6.07 Å². The quantitative estimate of drug-likeness (QED) is 0.446. The van der Waals surface area contributed by atoms with Crippen molar-refractivity contribution in [2.75, 3.05) is 0 Å². The molecule has 0 radical (unpaired) electrons. The molecule has 0 aliphatic carbocycles. The molecule has 0 saturated carbocycles. The van der Waals surface area contributed by atoms with Crippen molar-refractivity contribution < 1.29 is 9.53 Å². The number of nitrogens with zero attached hydrogens (tertiary/aromatic N) is 6. The van der Waals surface area contributed by atoms with Crippen molar-refractivity contribution >= 4 is 39.8 Å². The molecule has 0 spiro atoms. The Labute approximate surface area is 192 Å². The van der Waals surface area contributed by atoms with Crippen molar-refractivity contribution in [3.8, 4) is 6.07 Å². The van der Waals surface area contributed by atoms with Crippen molar-refractivity contribution in [3.05, 3.63) is 61.6 Å². The average Bonchev–Trinajstić information content (AvgIpc) is 3.27. The van der Waals surface area contributed by atoms with Crippen LogP contribution in [-0.4, -0.2) is 34.9 Å². The third-order valence-electron chi connectivity index (χ3n) is 5.23. The predicted octanol–water partition coefficient (Wildman–Crippen LogP) is 2.74. The van der Waals surface area contributed by atoms with Crippen LogP contribution in [0.15, 0.2) is 33.9 Å². The lowest BCUT2D eigenvalue weighted by molar-refractivity contribution is 0.0540. The molecule has 0 bridgehead atoms. The van der Waals surface area contributed by atoms with Gasteiger partial charge in [0.05, 0.1) is 17.8 Å². The molecule has 0 atom stereocenters. The van der Waals surface area contributed by atoms with Crippen LogP contribution >= 0.6 is 11.6 Å². The normalized spacial score (nSPS) is 11.8. The molecule has 0 aliphatic rings. The van der Waals surface area contributed by atoms with E-state index in [2.05, 4.69) is 4.98 Å². The maximum atomic E-state index is 13.3. The number of hydrogen-bond acceptors (Lipinski definition) is 6. The highest BCUT2D eigenvalue weighted by Crippen LogP contribution is 2.28. The van der Waals surface area contributed by atoms with Gasteiger partial charge in [-0.05, 0) is 39.0 Å². The number of hydrogen-bond donors (Lipinski definition) is 0. The number of nitriles is 1. The SMILES string of the molecule is Cn1c(C#N)nc2c1c(=O)n(Cc1cc3c(Cl)cccc3n1C(=O)OC(C)(C)C)c(=O)n2C. The Hall–Kier alpha value is -3.84. The lowest BCUT2D eigenvalue weighted by atomic mass is 10.2. The number of aryl methyl sites for hydroxylation is 2. The molecule has 0 amide bonds. The zero-order valence-corrected chi connectivity index (χ0v) is 19.5. The highest BCUT2D eigenvalue weighted by molar-refractivity contribution is 6.35. The summed E-state index contributed by atoms with van der Waals surface area (Å²) in [4.78, 5) is 43.5. The van der Waals surface area contributed by atoms with Gasteiger partial charge in [-0.2, -0.15) is 5.26 Å². The zero-order chi connectivity index (χ0) is 24.2. The minimum atomic E-state index is -0.766. The average molecular weight is 469 g/mol. The molecular formula is C22H21ClN6O4. The van der Waals surface area contributed by atoms with Crippen molar-refractivity contribution in [1.29, 1.82) is 5.26 Å². The summed E-state index contributed by atoms with van der Waals surface area (Å²) < 4.78 is 10.4. The lowest BCUT2D eigenvalue weighted by Crippen LogP contribution is -2.40. The highest BCUT2D eigenvalue weighted by atomic mass is 35.5. The topological polar surface area (TPSA) is 117 Å².